The lowest BCUT2D eigenvalue weighted by Crippen LogP contribution is -2.56. The molecule has 2 saturated heterocycles. The highest BCUT2D eigenvalue weighted by Gasteiger charge is 2.36. The van der Waals surface area contributed by atoms with Crippen LogP contribution in [0.5, 0.6) is 0 Å². The van der Waals surface area contributed by atoms with Crippen molar-refractivity contribution in [3.63, 3.8) is 0 Å². The fraction of sp³-hybridized carbons (Fsp3) is 0.571. The molecule has 1 aromatic rings. The van der Waals surface area contributed by atoms with Crippen LogP contribution in [-0.2, 0) is 11.0 Å². The summed E-state index contributed by atoms with van der Waals surface area (Å²) in [6.45, 7) is 2.47. The van der Waals surface area contributed by atoms with Gasteiger partial charge in [0, 0.05) is 50.8 Å². The predicted molar refractivity (Wildman–Crippen MR) is 113 cm³/mol. The summed E-state index contributed by atoms with van der Waals surface area (Å²) >= 11 is 0. The molecule has 0 saturated carbocycles. The third kappa shape index (κ3) is 5.30. The van der Waals surface area contributed by atoms with Gasteiger partial charge in [0.05, 0.1) is 12.1 Å². The molecular weight excluding hydrogens is 463 g/mol. The number of amides is 1. The van der Waals surface area contributed by atoms with Gasteiger partial charge in [0.15, 0.2) is 6.29 Å². The van der Waals surface area contributed by atoms with Crippen molar-refractivity contribution < 1.29 is 26.7 Å². The van der Waals surface area contributed by atoms with Gasteiger partial charge in [-0.25, -0.2) is 8.78 Å². The quantitative estimate of drug-likeness (QED) is 0.618. The zero-order valence-corrected chi connectivity index (χ0v) is 18.2. The summed E-state index contributed by atoms with van der Waals surface area (Å²) in [5.74, 6) is -0.132. The summed E-state index contributed by atoms with van der Waals surface area (Å²) in [5, 5.41) is 2.84. The number of hydrogen-bond donors (Lipinski definition) is 2. The van der Waals surface area contributed by atoms with Crippen LogP contribution >= 0.6 is 0 Å². The Morgan fingerprint density at radius 2 is 1.91 bits per heavy atom. The van der Waals surface area contributed by atoms with Crippen LogP contribution in [0.25, 0.3) is 0 Å². The van der Waals surface area contributed by atoms with Gasteiger partial charge in [0.2, 0.25) is 5.91 Å². The number of alkyl halides is 5. The van der Waals surface area contributed by atoms with E-state index in [9.17, 15) is 31.5 Å². The molecule has 186 valence electrons. The van der Waals surface area contributed by atoms with E-state index >= 15 is 0 Å². The number of aromatic nitrogens is 1. The molecule has 3 aliphatic heterocycles. The molecule has 13 heteroatoms. The maximum atomic E-state index is 13.1. The van der Waals surface area contributed by atoms with E-state index < -0.39 is 30.0 Å². The van der Waals surface area contributed by atoms with Crippen LogP contribution in [0.3, 0.4) is 0 Å². The minimum Gasteiger partial charge on any atom is -0.357 e. The van der Waals surface area contributed by atoms with Crippen LogP contribution in [0, 0.1) is 0 Å². The molecule has 8 nitrogen and oxygen atoms in total. The first-order valence-electron chi connectivity index (χ1n) is 11.0. The number of carbonyl (C=O) groups is 1. The molecule has 0 radical (unpaired) electrons. The van der Waals surface area contributed by atoms with E-state index in [4.69, 9.17) is 0 Å². The normalized spacial score (nSPS) is 24.4. The highest BCUT2D eigenvalue weighted by Crippen LogP contribution is 2.34. The molecule has 0 aromatic carbocycles. The molecular formula is C21H25F5N6O2. The van der Waals surface area contributed by atoms with Gasteiger partial charge < -0.3 is 15.2 Å². The molecule has 1 aromatic heterocycles. The van der Waals surface area contributed by atoms with Crippen molar-refractivity contribution in [3.8, 4) is 0 Å². The van der Waals surface area contributed by atoms with E-state index in [2.05, 4.69) is 15.3 Å². The first-order valence-corrected chi connectivity index (χ1v) is 11.0. The van der Waals surface area contributed by atoms with Gasteiger partial charge in [0.1, 0.15) is 5.56 Å². The molecule has 2 fully saturated rings. The lowest BCUT2D eigenvalue weighted by Gasteiger charge is -2.39. The second kappa shape index (κ2) is 9.82. The Hall–Kier alpha value is -2.80. The van der Waals surface area contributed by atoms with E-state index in [1.54, 1.807) is 4.90 Å². The second-order valence-corrected chi connectivity index (χ2v) is 8.48. The lowest BCUT2D eigenvalue weighted by molar-refractivity contribution is -0.139. The van der Waals surface area contributed by atoms with Gasteiger partial charge in [-0.2, -0.15) is 13.2 Å². The highest BCUT2D eigenvalue weighted by atomic mass is 19.4. The molecule has 0 spiro atoms. The topological polar surface area (TPSA) is 84.0 Å². The number of aromatic amines is 1. The Balaban J connectivity index is 1.33. The minimum atomic E-state index is -4.75. The van der Waals surface area contributed by atoms with Crippen LogP contribution in [0.4, 0.5) is 22.0 Å². The SMILES string of the molecule is O=C(CN1CCCC1c1c[nH]c(=O)c(C(F)(F)F)c1)N1CCN(C2N=CC(C(F)F)=CN2)CC1. The summed E-state index contributed by atoms with van der Waals surface area (Å²) in [5.41, 5.74) is -2.28. The van der Waals surface area contributed by atoms with E-state index in [0.29, 0.717) is 44.7 Å². The number of H-pyrrole nitrogens is 1. The third-order valence-corrected chi connectivity index (χ3v) is 6.35. The number of aliphatic imine (C=N–C) groups is 1. The van der Waals surface area contributed by atoms with Gasteiger partial charge in [0.25, 0.3) is 12.0 Å². The summed E-state index contributed by atoms with van der Waals surface area (Å²) < 4.78 is 64.8. The Labute approximate surface area is 192 Å². The van der Waals surface area contributed by atoms with Crippen molar-refractivity contribution in [2.45, 2.75) is 37.8 Å². The van der Waals surface area contributed by atoms with Crippen molar-refractivity contribution in [1.82, 2.24) is 25.0 Å². The van der Waals surface area contributed by atoms with Crippen LogP contribution in [0.2, 0.25) is 0 Å². The number of likely N-dealkylation sites (tertiary alicyclic amines) is 1. The van der Waals surface area contributed by atoms with Crippen molar-refractivity contribution in [1.29, 1.82) is 0 Å². The molecule has 34 heavy (non-hydrogen) atoms. The van der Waals surface area contributed by atoms with Gasteiger partial charge in [-0.1, -0.05) is 0 Å². The average Bonchev–Trinajstić information content (AvgIpc) is 3.27. The maximum Gasteiger partial charge on any atom is 0.421 e. The maximum absolute atomic E-state index is 13.1. The summed E-state index contributed by atoms with van der Waals surface area (Å²) in [7, 11) is 0. The monoisotopic (exact) mass is 488 g/mol. The Kier molecular flexibility index (Phi) is 7.03. The first kappa shape index (κ1) is 24.3. The Morgan fingerprint density at radius 1 is 1.18 bits per heavy atom. The lowest BCUT2D eigenvalue weighted by atomic mass is 10.0. The van der Waals surface area contributed by atoms with Gasteiger partial charge in [-0.15, -0.1) is 0 Å². The van der Waals surface area contributed by atoms with E-state index in [0.717, 1.165) is 18.7 Å². The summed E-state index contributed by atoms with van der Waals surface area (Å²) in [6, 6.07) is 0.483. The molecule has 0 bridgehead atoms. The first-order chi connectivity index (χ1) is 16.1. The standard InChI is InChI=1S/C21H25F5N6O2/c22-18(23)14-10-28-20(29-11-14)31-6-4-30(5-7-31)17(33)12-32-3-1-2-16(32)13-8-15(21(24,25)26)19(34)27-9-13/h8-11,16,18,20,28H,1-7,12H2,(H,27,34). The van der Waals surface area contributed by atoms with Gasteiger partial charge in [-0.05, 0) is 31.0 Å². The predicted octanol–water partition coefficient (Wildman–Crippen LogP) is 1.78. The number of rotatable bonds is 5. The number of halogens is 5. The molecule has 2 atom stereocenters. The molecule has 1 amide bonds. The Morgan fingerprint density at radius 3 is 2.53 bits per heavy atom. The smallest absolute Gasteiger partial charge is 0.357 e. The number of nitrogens with zero attached hydrogens (tertiary/aromatic N) is 4. The zero-order chi connectivity index (χ0) is 24.5. The van der Waals surface area contributed by atoms with Crippen LogP contribution in [-0.4, -0.2) is 83.8 Å². The number of pyridine rings is 1. The molecule has 4 rings (SSSR count). The number of allylic oxidation sites excluding steroid dienone is 1. The summed E-state index contributed by atoms with van der Waals surface area (Å²) in [4.78, 5) is 36.2. The van der Waals surface area contributed by atoms with E-state index in [1.807, 2.05) is 9.80 Å². The third-order valence-electron chi connectivity index (χ3n) is 6.35. The molecule has 2 N–H and O–H groups in total. The molecule has 4 heterocycles. The number of hydrogen-bond acceptors (Lipinski definition) is 6. The van der Waals surface area contributed by atoms with E-state index in [1.165, 1.54) is 12.4 Å². The number of piperazine rings is 1. The van der Waals surface area contributed by atoms with Crippen molar-refractivity contribution in [2.24, 2.45) is 4.99 Å². The minimum absolute atomic E-state index is 0.0610. The second-order valence-electron chi connectivity index (χ2n) is 8.48. The molecule has 0 aliphatic carbocycles. The fourth-order valence-corrected chi connectivity index (χ4v) is 4.51. The molecule has 3 aliphatic rings. The van der Waals surface area contributed by atoms with E-state index in [-0.39, 0.29) is 24.1 Å². The van der Waals surface area contributed by atoms with Crippen LogP contribution in [0.1, 0.15) is 30.0 Å². The Bertz CT molecular complexity index is 1020. The number of nitrogens with one attached hydrogen (secondary N) is 2. The van der Waals surface area contributed by atoms with Gasteiger partial charge >= 0.3 is 6.18 Å². The summed E-state index contributed by atoms with van der Waals surface area (Å²) in [6.07, 6.45) is -2.82. The number of carbonyl (C=O) groups excluding carboxylic acids is 1. The largest absolute Gasteiger partial charge is 0.421 e. The van der Waals surface area contributed by atoms with Crippen LogP contribution < -0.4 is 10.9 Å². The van der Waals surface area contributed by atoms with Crippen molar-refractivity contribution in [2.75, 3.05) is 39.3 Å². The van der Waals surface area contributed by atoms with Gasteiger partial charge in [-0.3, -0.25) is 24.4 Å². The highest BCUT2D eigenvalue weighted by molar-refractivity contribution is 5.80. The fourth-order valence-electron chi connectivity index (χ4n) is 4.51. The average molecular weight is 488 g/mol. The molecule has 2 unspecified atom stereocenters. The zero-order valence-electron chi connectivity index (χ0n) is 18.2. The van der Waals surface area contributed by atoms with Crippen molar-refractivity contribution >= 4 is 12.1 Å². The van der Waals surface area contributed by atoms with Crippen LogP contribution in [0.15, 0.2) is 33.8 Å². The van der Waals surface area contributed by atoms with Crippen molar-refractivity contribution in [3.05, 3.63) is 45.5 Å².